The zero-order chi connectivity index (χ0) is 13.0. The van der Waals surface area contributed by atoms with Crippen molar-refractivity contribution in [2.75, 3.05) is 0 Å². The number of fused-ring (bicyclic) bond motifs is 1. The molecule has 0 aliphatic rings. The van der Waals surface area contributed by atoms with Crippen molar-refractivity contribution in [2.45, 2.75) is 52.2 Å². The van der Waals surface area contributed by atoms with Crippen LogP contribution >= 0.6 is 0 Å². The predicted octanol–water partition coefficient (Wildman–Crippen LogP) is 3.67. The van der Waals surface area contributed by atoms with Crippen molar-refractivity contribution < 1.29 is 5.11 Å². The van der Waals surface area contributed by atoms with Crippen molar-refractivity contribution in [2.24, 2.45) is 0 Å². The molecule has 3 nitrogen and oxygen atoms in total. The van der Waals surface area contributed by atoms with Gasteiger partial charge < -0.3 is 9.67 Å². The van der Waals surface area contributed by atoms with Gasteiger partial charge in [0.1, 0.15) is 11.9 Å². The average Bonchev–Trinajstić information content (AvgIpc) is 2.77. The lowest BCUT2D eigenvalue weighted by Gasteiger charge is -2.12. The van der Waals surface area contributed by atoms with E-state index in [1.165, 1.54) is 12.8 Å². The molecule has 2 rings (SSSR count). The van der Waals surface area contributed by atoms with Gasteiger partial charge in [-0.3, -0.25) is 0 Å². The number of benzene rings is 1. The second kappa shape index (κ2) is 6.01. The maximum atomic E-state index is 10.1. The van der Waals surface area contributed by atoms with Gasteiger partial charge in [0.25, 0.3) is 0 Å². The van der Waals surface area contributed by atoms with Crippen molar-refractivity contribution in [1.29, 1.82) is 0 Å². The number of aryl methyl sites for hydroxylation is 1. The van der Waals surface area contributed by atoms with E-state index in [4.69, 9.17) is 0 Å². The number of hydrogen-bond acceptors (Lipinski definition) is 2. The quantitative estimate of drug-likeness (QED) is 0.790. The smallest absolute Gasteiger partial charge is 0.138 e. The SMILES string of the molecule is CCCCCn1c([C@@H](O)CC)nc2ccccc21. The highest BCUT2D eigenvalue weighted by Crippen LogP contribution is 2.23. The average molecular weight is 246 g/mol. The predicted molar refractivity (Wildman–Crippen MR) is 74.5 cm³/mol. The van der Waals surface area contributed by atoms with Gasteiger partial charge in [0, 0.05) is 6.54 Å². The van der Waals surface area contributed by atoms with Gasteiger partial charge >= 0.3 is 0 Å². The molecular weight excluding hydrogens is 224 g/mol. The summed E-state index contributed by atoms with van der Waals surface area (Å²) in [6.07, 6.45) is 3.81. The highest BCUT2D eigenvalue weighted by molar-refractivity contribution is 5.75. The second-order valence-corrected chi connectivity index (χ2v) is 4.74. The van der Waals surface area contributed by atoms with Crippen LogP contribution in [-0.4, -0.2) is 14.7 Å². The molecule has 0 saturated carbocycles. The maximum Gasteiger partial charge on any atom is 0.138 e. The van der Waals surface area contributed by atoms with Gasteiger partial charge in [0.15, 0.2) is 0 Å². The third kappa shape index (κ3) is 2.56. The molecule has 0 unspecified atom stereocenters. The van der Waals surface area contributed by atoms with Crippen LogP contribution in [0.2, 0.25) is 0 Å². The van der Waals surface area contributed by atoms with Gasteiger partial charge in [-0.1, -0.05) is 38.8 Å². The summed E-state index contributed by atoms with van der Waals surface area (Å²) in [5.41, 5.74) is 2.12. The number of rotatable bonds is 6. The molecule has 0 radical (unpaired) electrons. The topological polar surface area (TPSA) is 38.0 Å². The molecule has 0 aliphatic heterocycles. The number of aliphatic hydroxyl groups excluding tert-OH is 1. The van der Waals surface area contributed by atoms with Gasteiger partial charge in [-0.15, -0.1) is 0 Å². The number of para-hydroxylation sites is 2. The molecule has 98 valence electrons. The number of nitrogens with zero attached hydrogens (tertiary/aromatic N) is 2. The lowest BCUT2D eigenvalue weighted by atomic mass is 10.2. The molecule has 3 heteroatoms. The standard InChI is InChI=1S/C15H22N2O/c1-3-5-8-11-17-13-10-7-6-9-12(13)16-15(17)14(18)4-2/h6-7,9-10,14,18H,3-5,8,11H2,1-2H3/t14-/m0/s1. The number of unbranched alkanes of at least 4 members (excludes halogenated alkanes) is 2. The first-order valence-electron chi connectivity index (χ1n) is 6.91. The summed E-state index contributed by atoms with van der Waals surface area (Å²) in [7, 11) is 0. The Morgan fingerprint density at radius 2 is 2.00 bits per heavy atom. The van der Waals surface area contributed by atoms with Crippen molar-refractivity contribution in [3.63, 3.8) is 0 Å². The Morgan fingerprint density at radius 3 is 2.72 bits per heavy atom. The molecule has 2 aromatic rings. The first kappa shape index (κ1) is 13.1. The number of hydrogen-bond donors (Lipinski definition) is 1. The molecule has 1 atom stereocenters. The summed E-state index contributed by atoms with van der Waals surface area (Å²) in [4.78, 5) is 4.58. The fourth-order valence-electron chi connectivity index (χ4n) is 2.29. The lowest BCUT2D eigenvalue weighted by Crippen LogP contribution is -2.08. The minimum atomic E-state index is -0.459. The summed E-state index contributed by atoms with van der Waals surface area (Å²) >= 11 is 0. The van der Waals surface area contributed by atoms with Gasteiger partial charge in [-0.25, -0.2) is 4.98 Å². The van der Waals surface area contributed by atoms with Crippen molar-refractivity contribution in [3.8, 4) is 0 Å². The largest absolute Gasteiger partial charge is 0.385 e. The van der Waals surface area contributed by atoms with E-state index in [-0.39, 0.29) is 0 Å². The van der Waals surface area contributed by atoms with E-state index in [0.29, 0.717) is 6.42 Å². The monoisotopic (exact) mass is 246 g/mol. The van der Waals surface area contributed by atoms with Crippen molar-refractivity contribution in [3.05, 3.63) is 30.1 Å². The Hall–Kier alpha value is -1.35. The fourth-order valence-corrected chi connectivity index (χ4v) is 2.29. The molecule has 1 N–H and O–H groups in total. The van der Waals surface area contributed by atoms with Gasteiger partial charge in [-0.2, -0.15) is 0 Å². The molecule has 18 heavy (non-hydrogen) atoms. The first-order chi connectivity index (χ1) is 8.77. The number of aromatic nitrogens is 2. The van der Waals surface area contributed by atoms with E-state index >= 15 is 0 Å². The van der Waals surface area contributed by atoms with E-state index in [9.17, 15) is 5.11 Å². The van der Waals surface area contributed by atoms with E-state index < -0.39 is 6.10 Å². The fraction of sp³-hybridized carbons (Fsp3) is 0.533. The van der Waals surface area contributed by atoms with E-state index in [1.54, 1.807) is 0 Å². The zero-order valence-electron chi connectivity index (χ0n) is 11.3. The zero-order valence-corrected chi connectivity index (χ0v) is 11.3. The number of aliphatic hydroxyl groups is 1. The van der Waals surface area contributed by atoms with Crippen molar-refractivity contribution >= 4 is 11.0 Å². The molecule has 0 fully saturated rings. The third-order valence-corrected chi connectivity index (χ3v) is 3.35. The van der Waals surface area contributed by atoms with E-state index in [1.807, 2.05) is 25.1 Å². The van der Waals surface area contributed by atoms with E-state index in [2.05, 4.69) is 22.5 Å². The summed E-state index contributed by atoms with van der Waals surface area (Å²) in [6, 6.07) is 8.12. The van der Waals surface area contributed by atoms with Crippen LogP contribution in [0.5, 0.6) is 0 Å². The molecule has 1 aromatic heterocycles. The van der Waals surface area contributed by atoms with Crippen LogP contribution in [0.3, 0.4) is 0 Å². The molecular formula is C15H22N2O. The summed E-state index contributed by atoms with van der Waals surface area (Å²) in [5.74, 6) is 0.815. The molecule has 0 aliphatic carbocycles. The number of imidazole rings is 1. The van der Waals surface area contributed by atoms with Crippen LogP contribution in [-0.2, 0) is 6.54 Å². The summed E-state index contributed by atoms with van der Waals surface area (Å²) < 4.78 is 2.18. The van der Waals surface area contributed by atoms with Gasteiger partial charge in [-0.05, 0) is 25.0 Å². The van der Waals surface area contributed by atoms with Crippen LogP contribution < -0.4 is 0 Å². The highest BCUT2D eigenvalue weighted by Gasteiger charge is 2.15. The van der Waals surface area contributed by atoms with Gasteiger partial charge in [0.2, 0.25) is 0 Å². The highest BCUT2D eigenvalue weighted by atomic mass is 16.3. The molecule has 1 heterocycles. The Balaban J connectivity index is 2.37. The molecule has 0 saturated heterocycles. The van der Waals surface area contributed by atoms with Crippen LogP contribution in [0.25, 0.3) is 11.0 Å². The van der Waals surface area contributed by atoms with E-state index in [0.717, 1.165) is 29.8 Å². The molecule has 0 spiro atoms. The minimum Gasteiger partial charge on any atom is -0.385 e. The van der Waals surface area contributed by atoms with Gasteiger partial charge in [0.05, 0.1) is 11.0 Å². The maximum absolute atomic E-state index is 10.1. The normalized spacial score (nSPS) is 13.1. The summed E-state index contributed by atoms with van der Waals surface area (Å²) in [6.45, 7) is 5.13. The second-order valence-electron chi connectivity index (χ2n) is 4.74. The Morgan fingerprint density at radius 1 is 1.22 bits per heavy atom. The molecule has 0 bridgehead atoms. The first-order valence-corrected chi connectivity index (χ1v) is 6.91. The van der Waals surface area contributed by atoms with Crippen LogP contribution in [0.1, 0.15) is 51.5 Å². The Bertz CT molecular complexity index is 504. The molecule has 0 amide bonds. The Kier molecular flexibility index (Phi) is 4.37. The third-order valence-electron chi connectivity index (χ3n) is 3.35. The summed E-state index contributed by atoms with van der Waals surface area (Å²) in [5, 5.41) is 10.1. The Labute approximate surface area is 108 Å². The minimum absolute atomic E-state index is 0.459. The molecule has 1 aromatic carbocycles. The van der Waals surface area contributed by atoms with Crippen LogP contribution in [0, 0.1) is 0 Å². The van der Waals surface area contributed by atoms with Crippen LogP contribution in [0.4, 0.5) is 0 Å². The lowest BCUT2D eigenvalue weighted by molar-refractivity contribution is 0.159. The van der Waals surface area contributed by atoms with Crippen LogP contribution in [0.15, 0.2) is 24.3 Å². The van der Waals surface area contributed by atoms with Crippen molar-refractivity contribution in [1.82, 2.24) is 9.55 Å².